The van der Waals surface area contributed by atoms with Gasteiger partial charge in [-0.15, -0.1) is 0 Å². The zero-order valence-corrected chi connectivity index (χ0v) is 24.1. The first-order valence-corrected chi connectivity index (χ1v) is 17.4. The van der Waals surface area contributed by atoms with Crippen molar-refractivity contribution in [3.8, 4) is 0 Å². The second-order valence-corrected chi connectivity index (χ2v) is 19.8. The van der Waals surface area contributed by atoms with E-state index in [0.717, 1.165) is 11.3 Å². The van der Waals surface area contributed by atoms with E-state index in [-0.39, 0.29) is 25.1 Å². The predicted octanol–water partition coefficient (Wildman–Crippen LogP) is 3.68. The van der Waals surface area contributed by atoms with Crippen LogP contribution >= 0.6 is 28.4 Å². The van der Waals surface area contributed by atoms with Crippen LogP contribution in [0.15, 0.2) is 30.3 Å². The molecule has 3 rings (SSSR count). The van der Waals surface area contributed by atoms with Crippen molar-refractivity contribution in [2.24, 2.45) is 5.92 Å². The lowest BCUT2D eigenvalue weighted by Gasteiger charge is -2.40. The molecule has 1 spiro atoms. The number of amides is 2. The summed E-state index contributed by atoms with van der Waals surface area (Å²) in [7, 11) is -0.933. The third kappa shape index (κ3) is 8.77. The summed E-state index contributed by atoms with van der Waals surface area (Å²) in [6.07, 6.45) is 5.49. The molecule has 2 fully saturated rings. The van der Waals surface area contributed by atoms with Gasteiger partial charge in [0.1, 0.15) is 12.6 Å². The van der Waals surface area contributed by atoms with Gasteiger partial charge in [-0.25, -0.2) is 4.79 Å². The molecule has 1 aromatic rings. The Morgan fingerprint density at radius 3 is 2.50 bits per heavy atom. The van der Waals surface area contributed by atoms with E-state index < -0.39 is 37.1 Å². The minimum absolute atomic E-state index is 0.111. The van der Waals surface area contributed by atoms with E-state index in [4.69, 9.17) is 18.9 Å². The van der Waals surface area contributed by atoms with Crippen LogP contribution in [-0.4, -0.2) is 73.9 Å². The first kappa shape index (κ1) is 29.0. The molecule has 2 amide bonds. The van der Waals surface area contributed by atoms with Crippen LogP contribution in [0.25, 0.3) is 0 Å². The Balaban J connectivity index is 1.66. The summed E-state index contributed by atoms with van der Waals surface area (Å²) in [6.45, 7) is 3.08. The van der Waals surface area contributed by atoms with E-state index in [1.54, 1.807) is 6.92 Å². The van der Waals surface area contributed by atoms with E-state index in [0.29, 0.717) is 38.9 Å². The third-order valence-electron chi connectivity index (χ3n) is 6.30. The monoisotopic (exact) mass is 636 g/mol. The second kappa shape index (κ2) is 13.3. The summed E-state index contributed by atoms with van der Waals surface area (Å²) in [5, 5.41) is 5.75. The summed E-state index contributed by atoms with van der Waals surface area (Å²) < 4.78 is 22.3. The normalized spacial score (nSPS) is 22.4. The van der Waals surface area contributed by atoms with E-state index in [1.165, 1.54) is 0 Å². The van der Waals surface area contributed by atoms with E-state index in [9.17, 15) is 14.4 Å². The van der Waals surface area contributed by atoms with E-state index >= 15 is 0 Å². The molecule has 1 aliphatic carbocycles. The molecule has 1 aliphatic heterocycles. The molecular weight excluding hydrogens is 599 g/mol. The number of ether oxygens (including phenoxy) is 4. The summed E-state index contributed by atoms with van der Waals surface area (Å²) in [4.78, 5) is 38.7. The average molecular weight is 637 g/mol. The van der Waals surface area contributed by atoms with Crippen molar-refractivity contribution < 1.29 is 33.3 Å². The standard InChI is InChI=1S/C25H37IN2O7S/c1-4-32-23(30)19-16-25(34-13-14-35-25)12-10-20(19)27-22(29)21(11-15-36(2,3)26)28-24(31)33-17-18-8-6-5-7-9-18/h5-9,19-21H,4,10-17H2,1-3H3,(H,27,29)(H,28,31)/t19-,20+,21+/m1/s1. The van der Waals surface area contributed by atoms with Crippen molar-refractivity contribution in [2.45, 2.75) is 57.1 Å². The number of carbonyl (C=O) groups excluding carboxylic acids is 3. The van der Waals surface area contributed by atoms with Gasteiger partial charge in [0, 0.05) is 18.9 Å². The van der Waals surface area contributed by atoms with Crippen LogP contribution in [0.3, 0.4) is 0 Å². The first-order chi connectivity index (χ1) is 17.1. The number of hydrogen-bond donors (Lipinski definition) is 2. The summed E-state index contributed by atoms with van der Waals surface area (Å²) in [5.74, 6) is -1.34. The Hall–Kier alpha value is -1.57. The molecule has 2 N–H and O–H groups in total. The highest BCUT2D eigenvalue weighted by Crippen LogP contribution is 2.49. The van der Waals surface area contributed by atoms with Gasteiger partial charge in [-0.05, 0) is 64.8 Å². The van der Waals surface area contributed by atoms with Gasteiger partial charge in [0.2, 0.25) is 5.91 Å². The van der Waals surface area contributed by atoms with E-state index in [2.05, 4.69) is 44.4 Å². The van der Waals surface area contributed by atoms with Crippen LogP contribution in [-0.2, 0) is 35.1 Å². The number of alkyl carbamates (subject to hydrolysis) is 1. The quantitative estimate of drug-likeness (QED) is 0.298. The number of hydrogen-bond acceptors (Lipinski definition) is 7. The minimum atomic E-state index is -0.933. The Kier molecular flexibility index (Phi) is 10.7. The van der Waals surface area contributed by atoms with Gasteiger partial charge in [-0.2, -0.15) is 7.20 Å². The van der Waals surface area contributed by atoms with Crippen molar-refractivity contribution in [1.29, 1.82) is 0 Å². The highest BCUT2D eigenvalue weighted by atomic mass is 127. The van der Waals surface area contributed by atoms with E-state index in [1.807, 2.05) is 30.3 Å². The Morgan fingerprint density at radius 2 is 1.86 bits per heavy atom. The van der Waals surface area contributed by atoms with Gasteiger partial charge < -0.3 is 29.6 Å². The SMILES string of the molecule is CCOC(=O)[C@@H]1CC2(CC[C@@H]1NC(=O)[C@H](CCS(C)(C)I)NC(=O)OCc1ccccc1)OCCO2. The molecule has 1 aromatic carbocycles. The number of benzene rings is 1. The molecule has 0 unspecified atom stereocenters. The zero-order valence-electron chi connectivity index (χ0n) is 21.1. The molecule has 1 heterocycles. The van der Waals surface area contributed by atoms with Crippen LogP contribution in [0.4, 0.5) is 4.79 Å². The van der Waals surface area contributed by atoms with Crippen molar-refractivity contribution in [3.63, 3.8) is 0 Å². The molecule has 1 saturated heterocycles. The number of rotatable bonds is 10. The highest BCUT2D eigenvalue weighted by molar-refractivity contribution is 14.2. The second-order valence-electron chi connectivity index (χ2n) is 9.48. The smallest absolute Gasteiger partial charge is 0.408 e. The van der Waals surface area contributed by atoms with Gasteiger partial charge in [0.15, 0.2) is 5.79 Å². The predicted molar refractivity (Wildman–Crippen MR) is 147 cm³/mol. The molecule has 0 aromatic heterocycles. The Bertz CT molecular complexity index is 890. The maximum atomic E-state index is 13.4. The molecule has 0 radical (unpaired) electrons. The number of esters is 1. The lowest BCUT2D eigenvalue weighted by molar-refractivity contribution is -0.199. The Labute approximate surface area is 226 Å². The van der Waals surface area contributed by atoms with Gasteiger partial charge in [-0.3, -0.25) is 9.59 Å². The largest absolute Gasteiger partial charge is 0.466 e. The lowest BCUT2D eigenvalue weighted by Crippen LogP contribution is -2.56. The van der Waals surface area contributed by atoms with Gasteiger partial charge in [-0.1, -0.05) is 30.3 Å². The fourth-order valence-electron chi connectivity index (χ4n) is 4.44. The molecule has 9 nitrogen and oxygen atoms in total. The fraction of sp³-hybridized carbons (Fsp3) is 0.640. The van der Waals surface area contributed by atoms with Crippen LogP contribution in [0.5, 0.6) is 0 Å². The number of nitrogens with one attached hydrogen (secondary N) is 2. The third-order valence-corrected chi connectivity index (χ3v) is 8.82. The maximum Gasteiger partial charge on any atom is 0.408 e. The van der Waals surface area contributed by atoms with Gasteiger partial charge in [0.25, 0.3) is 0 Å². The fourth-order valence-corrected chi connectivity index (χ4v) is 6.00. The topological polar surface area (TPSA) is 112 Å². The van der Waals surface area contributed by atoms with Gasteiger partial charge in [0.05, 0.1) is 25.7 Å². The van der Waals surface area contributed by atoms with Crippen molar-refractivity contribution >= 4 is 46.4 Å². The average Bonchev–Trinajstić information content (AvgIpc) is 3.29. The van der Waals surface area contributed by atoms with Crippen molar-refractivity contribution in [3.05, 3.63) is 35.9 Å². The Morgan fingerprint density at radius 1 is 1.17 bits per heavy atom. The van der Waals surface area contributed by atoms with Crippen LogP contribution in [0, 0.1) is 5.92 Å². The van der Waals surface area contributed by atoms with Gasteiger partial charge >= 0.3 is 12.1 Å². The molecule has 0 bridgehead atoms. The zero-order chi connectivity index (χ0) is 26.2. The summed E-state index contributed by atoms with van der Waals surface area (Å²) in [5.41, 5.74) is 0.858. The highest BCUT2D eigenvalue weighted by Gasteiger charge is 2.48. The minimum Gasteiger partial charge on any atom is -0.466 e. The van der Waals surface area contributed by atoms with Crippen LogP contribution in [0.1, 0.15) is 38.2 Å². The first-order valence-electron chi connectivity index (χ1n) is 12.2. The molecule has 1 saturated carbocycles. The van der Waals surface area contributed by atoms with Crippen LogP contribution in [0.2, 0.25) is 0 Å². The summed E-state index contributed by atoms with van der Waals surface area (Å²) in [6, 6.07) is 8.12. The lowest BCUT2D eigenvalue weighted by atomic mass is 9.80. The summed E-state index contributed by atoms with van der Waals surface area (Å²) >= 11 is 2.40. The number of carbonyl (C=O) groups is 3. The van der Waals surface area contributed by atoms with Crippen LogP contribution < -0.4 is 10.6 Å². The molecule has 2 aliphatic rings. The molecule has 3 atom stereocenters. The maximum absolute atomic E-state index is 13.4. The molecule has 11 heteroatoms. The van der Waals surface area contributed by atoms with Crippen molar-refractivity contribution in [1.82, 2.24) is 10.6 Å². The number of halogens is 1. The molecule has 202 valence electrons. The molecule has 36 heavy (non-hydrogen) atoms. The molecular formula is C25H37IN2O7S. The van der Waals surface area contributed by atoms with Crippen molar-refractivity contribution in [2.75, 3.05) is 38.1 Å².